The highest BCUT2D eigenvalue weighted by molar-refractivity contribution is 6.06. The molecule has 1 aliphatic heterocycles. The van der Waals surface area contributed by atoms with Crippen LogP contribution in [0.2, 0.25) is 0 Å². The van der Waals surface area contributed by atoms with E-state index in [-0.39, 0.29) is 12.0 Å². The van der Waals surface area contributed by atoms with Crippen molar-refractivity contribution in [2.45, 2.75) is 51.0 Å². The maximum atomic E-state index is 12.8. The fraction of sp³-hybridized carbons (Fsp3) is 0.650. The summed E-state index contributed by atoms with van der Waals surface area (Å²) in [5.74, 6) is 0.432. The summed E-state index contributed by atoms with van der Waals surface area (Å²) in [6.07, 6.45) is 5.55. The molecule has 1 aliphatic carbocycles. The highest BCUT2D eigenvalue weighted by atomic mass is 16.5. The Balaban J connectivity index is 1.35. The molecule has 1 atom stereocenters. The van der Waals surface area contributed by atoms with Gasteiger partial charge in [-0.2, -0.15) is 5.10 Å². The van der Waals surface area contributed by atoms with Crippen LogP contribution in [0.5, 0.6) is 0 Å². The van der Waals surface area contributed by atoms with Crippen LogP contribution in [0, 0.1) is 6.92 Å². The molecular weight excluding hydrogens is 344 g/mol. The van der Waals surface area contributed by atoms with E-state index in [1.165, 1.54) is 0 Å². The molecule has 1 unspecified atom stereocenters. The number of carbonyl (C=O) groups is 1. The highest BCUT2D eigenvalue weighted by Gasteiger charge is 2.28. The average Bonchev–Trinajstić information content (AvgIpc) is 3.31. The Hall–Kier alpha value is -1.99. The normalized spacial score (nSPS) is 19.7. The van der Waals surface area contributed by atoms with Gasteiger partial charge in [0.25, 0.3) is 5.91 Å². The van der Waals surface area contributed by atoms with Gasteiger partial charge in [-0.3, -0.25) is 9.48 Å². The Morgan fingerprint density at radius 1 is 1.41 bits per heavy atom. The fourth-order valence-electron chi connectivity index (χ4n) is 3.69. The van der Waals surface area contributed by atoms with Crippen molar-refractivity contribution >= 4 is 16.9 Å². The third-order valence-electron chi connectivity index (χ3n) is 5.31. The zero-order chi connectivity index (χ0) is 18.8. The Kier molecular flexibility index (Phi) is 5.41. The molecule has 0 spiro atoms. The molecular formula is C20H28N4O3. The lowest BCUT2D eigenvalue weighted by atomic mass is 10.1. The number of nitrogens with one attached hydrogen (secondary N) is 1. The van der Waals surface area contributed by atoms with E-state index in [2.05, 4.69) is 10.4 Å². The summed E-state index contributed by atoms with van der Waals surface area (Å²) in [5, 5.41) is 8.34. The Labute approximate surface area is 159 Å². The first kappa shape index (κ1) is 18.4. The number of rotatable bonds is 8. The zero-order valence-electron chi connectivity index (χ0n) is 16.2. The van der Waals surface area contributed by atoms with Crippen molar-refractivity contribution in [2.24, 2.45) is 7.05 Å². The number of amides is 1. The van der Waals surface area contributed by atoms with Gasteiger partial charge in [0, 0.05) is 38.4 Å². The number of pyridine rings is 1. The summed E-state index contributed by atoms with van der Waals surface area (Å²) in [6, 6.07) is 1.96. The van der Waals surface area contributed by atoms with Crippen molar-refractivity contribution < 1.29 is 14.3 Å². The third kappa shape index (κ3) is 4.14. The van der Waals surface area contributed by atoms with Crippen LogP contribution < -0.4 is 5.32 Å². The first-order valence-electron chi connectivity index (χ1n) is 9.95. The van der Waals surface area contributed by atoms with E-state index < -0.39 is 0 Å². The summed E-state index contributed by atoms with van der Waals surface area (Å²) in [6.45, 7) is 4.65. The number of hydrogen-bond acceptors (Lipinski definition) is 5. The monoisotopic (exact) mass is 372 g/mol. The summed E-state index contributed by atoms with van der Waals surface area (Å²) >= 11 is 0. The standard InChI is InChI=1S/C20H28N4O3/c1-13-18-16(11-17(14-6-7-14)22-19(18)24(2)23-13)20(25)21-8-4-9-26-12-15-5-3-10-27-15/h11,14-15H,3-10,12H2,1-2H3,(H,21,25). The zero-order valence-corrected chi connectivity index (χ0v) is 16.2. The van der Waals surface area contributed by atoms with Gasteiger partial charge < -0.3 is 14.8 Å². The number of fused-ring (bicyclic) bond motifs is 1. The van der Waals surface area contributed by atoms with Crippen LogP contribution in [0.1, 0.15) is 59.8 Å². The van der Waals surface area contributed by atoms with E-state index in [9.17, 15) is 4.79 Å². The topological polar surface area (TPSA) is 78.3 Å². The predicted molar refractivity (Wildman–Crippen MR) is 102 cm³/mol. The van der Waals surface area contributed by atoms with Crippen molar-refractivity contribution in [1.82, 2.24) is 20.1 Å². The lowest BCUT2D eigenvalue weighted by Gasteiger charge is -2.11. The maximum absolute atomic E-state index is 12.8. The Morgan fingerprint density at radius 2 is 2.26 bits per heavy atom. The van der Waals surface area contributed by atoms with Crippen molar-refractivity contribution in [3.8, 4) is 0 Å². The van der Waals surface area contributed by atoms with Crippen molar-refractivity contribution in [2.75, 3.05) is 26.4 Å². The van der Waals surface area contributed by atoms with Gasteiger partial charge in [0.05, 0.1) is 29.4 Å². The first-order chi connectivity index (χ1) is 13.1. The number of aromatic nitrogens is 3. The lowest BCUT2D eigenvalue weighted by molar-refractivity contribution is 0.0166. The van der Waals surface area contributed by atoms with E-state index in [0.29, 0.717) is 31.2 Å². The molecule has 2 aromatic rings. The molecule has 7 nitrogen and oxygen atoms in total. The Morgan fingerprint density at radius 3 is 3.00 bits per heavy atom. The molecule has 1 amide bonds. The van der Waals surface area contributed by atoms with Gasteiger partial charge in [-0.1, -0.05) is 0 Å². The molecule has 3 heterocycles. The second-order valence-electron chi connectivity index (χ2n) is 7.60. The van der Waals surface area contributed by atoms with Gasteiger partial charge in [0.2, 0.25) is 0 Å². The van der Waals surface area contributed by atoms with Crippen molar-refractivity contribution in [3.63, 3.8) is 0 Å². The van der Waals surface area contributed by atoms with Crippen LogP contribution in [-0.2, 0) is 16.5 Å². The molecule has 2 fully saturated rings. The number of aryl methyl sites for hydroxylation is 2. The van der Waals surface area contributed by atoms with Crippen LogP contribution in [-0.4, -0.2) is 53.1 Å². The number of nitrogens with zero attached hydrogens (tertiary/aromatic N) is 3. The van der Waals surface area contributed by atoms with Gasteiger partial charge in [-0.25, -0.2) is 4.98 Å². The largest absolute Gasteiger partial charge is 0.379 e. The van der Waals surface area contributed by atoms with Crippen LogP contribution in [0.15, 0.2) is 6.07 Å². The molecule has 1 N–H and O–H groups in total. The molecule has 1 saturated heterocycles. The molecule has 4 rings (SSSR count). The van der Waals surface area contributed by atoms with E-state index in [1.54, 1.807) is 4.68 Å². The third-order valence-corrected chi connectivity index (χ3v) is 5.31. The van der Waals surface area contributed by atoms with Crippen LogP contribution in [0.3, 0.4) is 0 Å². The molecule has 2 aromatic heterocycles. The molecule has 27 heavy (non-hydrogen) atoms. The molecule has 2 aliphatic rings. The van der Waals surface area contributed by atoms with Gasteiger partial charge in [-0.15, -0.1) is 0 Å². The van der Waals surface area contributed by atoms with Gasteiger partial charge in [0.15, 0.2) is 5.65 Å². The van der Waals surface area contributed by atoms with Crippen molar-refractivity contribution in [3.05, 3.63) is 23.0 Å². The van der Waals surface area contributed by atoms with Gasteiger partial charge >= 0.3 is 0 Å². The smallest absolute Gasteiger partial charge is 0.252 e. The molecule has 7 heteroatoms. The number of hydrogen-bond donors (Lipinski definition) is 1. The van der Waals surface area contributed by atoms with E-state index >= 15 is 0 Å². The molecule has 0 radical (unpaired) electrons. The quantitative estimate of drug-likeness (QED) is 0.720. The van der Waals surface area contributed by atoms with Crippen LogP contribution in [0.25, 0.3) is 11.0 Å². The minimum absolute atomic E-state index is 0.0560. The van der Waals surface area contributed by atoms with Gasteiger partial charge in [0.1, 0.15) is 0 Å². The fourth-order valence-corrected chi connectivity index (χ4v) is 3.69. The molecule has 0 aromatic carbocycles. The van der Waals surface area contributed by atoms with Gasteiger partial charge in [-0.05, 0) is 45.1 Å². The maximum Gasteiger partial charge on any atom is 0.252 e. The SMILES string of the molecule is Cc1nn(C)c2nc(C3CC3)cc(C(=O)NCCCOCC3CCCO3)c12. The Bertz CT molecular complexity index is 822. The minimum atomic E-state index is -0.0560. The van der Waals surface area contributed by atoms with Crippen LogP contribution in [0.4, 0.5) is 0 Å². The summed E-state index contributed by atoms with van der Waals surface area (Å²) < 4.78 is 13.0. The van der Waals surface area contributed by atoms with E-state index in [1.807, 2.05) is 20.0 Å². The van der Waals surface area contributed by atoms with Crippen LogP contribution >= 0.6 is 0 Å². The second-order valence-corrected chi connectivity index (χ2v) is 7.60. The highest BCUT2D eigenvalue weighted by Crippen LogP contribution is 2.40. The molecule has 1 saturated carbocycles. The summed E-state index contributed by atoms with van der Waals surface area (Å²) in [7, 11) is 1.88. The molecule has 0 bridgehead atoms. The minimum Gasteiger partial charge on any atom is -0.379 e. The first-order valence-corrected chi connectivity index (χ1v) is 9.95. The summed E-state index contributed by atoms with van der Waals surface area (Å²) in [4.78, 5) is 17.6. The summed E-state index contributed by atoms with van der Waals surface area (Å²) in [5.41, 5.74) is 3.33. The predicted octanol–water partition coefficient (Wildman–Crippen LogP) is 2.47. The number of carbonyl (C=O) groups excluding carboxylic acids is 1. The molecule has 146 valence electrons. The lowest BCUT2D eigenvalue weighted by Crippen LogP contribution is -2.26. The average molecular weight is 372 g/mol. The van der Waals surface area contributed by atoms with Crippen molar-refractivity contribution in [1.29, 1.82) is 0 Å². The van der Waals surface area contributed by atoms with E-state index in [4.69, 9.17) is 14.5 Å². The second kappa shape index (κ2) is 7.94. The number of ether oxygens (including phenoxy) is 2. The van der Waals surface area contributed by atoms with E-state index in [0.717, 1.165) is 61.1 Å².